The maximum Gasteiger partial charge on any atom is 0.0547 e. The first kappa shape index (κ1) is 15.5. The molecule has 1 unspecified atom stereocenters. The molecule has 0 aliphatic carbocycles. The van der Waals surface area contributed by atoms with E-state index >= 15 is 0 Å². The van der Waals surface area contributed by atoms with Gasteiger partial charge in [0.25, 0.3) is 0 Å². The van der Waals surface area contributed by atoms with E-state index in [1.807, 2.05) is 0 Å². The summed E-state index contributed by atoms with van der Waals surface area (Å²) in [6.45, 7) is 9.77. The third kappa shape index (κ3) is 4.88. The Morgan fingerprint density at radius 1 is 1.25 bits per heavy atom. The number of likely N-dealkylation sites (tertiary alicyclic amines) is 1. The van der Waals surface area contributed by atoms with Gasteiger partial charge in [0.15, 0.2) is 0 Å². The molecule has 0 spiro atoms. The van der Waals surface area contributed by atoms with Gasteiger partial charge in [-0.15, -0.1) is 0 Å². The van der Waals surface area contributed by atoms with Crippen molar-refractivity contribution in [1.82, 2.24) is 15.2 Å². The average molecular weight is 275 g/mol. The van der Waals surface area contributed by atoms with E-state index in [4.69, 9.17) is 4.98 Å². The Morgan fingerprint density at radius 2 is 2.05 bits per heavy atom. The molecule has 0 amide bonds. The molecule has 1 fully saturated rings. The quantitative estimate of drug-likeness (QED) is 0.893. The third-order valence-corrected chi connectivity index (χ3v) is 4.11. The average Bonchev–Trinajstić information content (AvgIpc) is 2.62. The maximum atomic E-state index is 4.80. The minimum Gasteiger partial charge on any atom is -0.309 e. The van der Waals surface area contributed by atoms with Crippen LogP contribution >= 0.6 is 0 Å². The van der Waals surface area contributed by atoms with E-state index in [2.05, 4.69) is 49.2 Å². The van der Waals surface area contributed by atoms with Crippen LogP contribution in [0.3, 0.4) is 0 Å². The van der Waals surface area contributed by atoms with Crippen molar-refractivity contribution >= 4 is 0 Å². The summed E-state index contributed by atoms with van der Waals surface area (Å²) >= 11 is 0. The van der Waals surface area contributed by atoms with Crippen molar-refractivity contribution in [3.63, 3.8) is 0 Å². The molecule has 1 N–H and O–H groups in total. The molecule has 3 heteroatoms. The standard InChI is InChI=1S/C17H29N3/c1-14(2)18-12-16-9-7-10-17(19-16)13-20-11-6-4-5-8-15(20)3/h7,9-10,14-15,18H,4-6,8,11-13H2,1-3H3. The predicted octanol–water partition coefficient (Wildman–Crippen LogP) is 3.34. The third-order valence-electron chi connectivity index (χ3n) is 4.11. The van der Waals surface area contributed by atoms with Crippen LogP contribution in [0.5, 0.6) is 0 Å². The van der Waals surface area contributed by atoms with Crippen molar-refractivity contribution in [3.8, 4) is 0 Å². The number of hydrogen-bond donors (Lipinski definition) is 1. The molecule has 2 rings (SSSR count). The summed E-state index contributed by atoms with van der Waals surface area (Å²) in [6.07, 6.45) is 5.42. The first-order valence-corrected chi connectivity index (χ1v) is 8.07. The van der Waals surface area contributed by atoms with Gasteiger partial charge in [0.1, 0.15) is 0 Å². The Bertz CT molecular complexity index is 403. The lowest BCUT2D eigenvalue weighted by atomic mass is 10.1. The molecule has 2 heterocycles. The van der Waals surface area contributed by atoms with Crippen LogP contribution < -0.4 is 5.32 Å². The minimum absolute atomic E-state index is 0.506. The Hall–Kier alpha value is -0.930. The molecular formula is C17H29N3. The van der Waals surface area contributed by atoms with Crippen LogP contribution in [0.15, 0.2) is 18.2 Å². The van der Waals surface area contributed by atoms with Gasteiger partial charge in [0.2, 0.25) is 0 Å². The van der Waals surface area contributed by atoms with E-state index in [0.717, 1.165) is 18.8 Å². The van der Waals surface area contributed by atoms with Gasteiger partial charge in [0, 0.05) is 25.2 Å². The number of hydrogen-bond acceptors (Lipinski definition) is 3. The SMILES string of the molecule is CC(C)NCc1cccc(CN2CCCCCC2C)n1. The second-order valence-corrected chi connectivity index (χ2v) is 6.32. The molecule has 1 aliphatic rings. The lowest BCUT2D eigenvalue weighted by molar-refractivity contribution is 0.202. The highest BCUT2D eigenvalue weighted by atomic mass is 15.2. The molecule has 0 aromatic carbocycles. The second-order valence-electron chi connectivity index (χ2n) is 6.32. The van der Waals surface area contributed by atoms with Crippen molar-refractivity contribution in [3.05, 3.63) is 29.6 Å². The first-order valence-electron chi connectivity index (χ1n) is 8.07. The van der Waals surface area contributed by atoms with Gasteiger partial charge in [0.05, 0.1) is 11.4 Å². The van der Waals surface area contributed by atoms with E-state index in [1.165, 1.54) is 37.9 Å². The molecule has 0 radical (unpaired) electrons. The lowest BCUT2D eigenvalue weighted by Gasteiger charge is -2.26. The summed E-state index contributed by atoms with van der Waals surface area (Å²) in [7, 11) is 0. The zero-order chi connectivity index (χ0) is 14.4. The monoisotopic (exact) mass is 275 g/mol. The molecular weight excluding hydrogens is 246 g/mol. The summed E-state index contributed by atoms with van der Waals surface area (Å²) in [5.74, 6) is 0. The fraction of sp³-hybridized carbons (Fsp3) is 0.706. The topological polar surface area (TPSA) is 28.2 Å². The molecule has 0 bridgehead atoms. The zero-order valence-electron chi connectivity index (χ0n) is 13.2. The highest BCUT2D eigenvalue weighted by molar-refractivity contribution is 5.11. The molecule has 1 aromatic heterocycles. The van der Waals surface area contributed by atoms with Crippen LogP contribution in [-0.2, 0) is 13.1 Å². The Kier molecular flexibility index (Phi) is 5.99. The molecule has 1 atom stereocenters. The van der Waals surface area contributed by atoms with E-state index in [1.54, 1.807) is 0 Å². The van der Waals surface area contributed by atoms with Gasteiger partial charge in [-0.3, -0.25) is 9.88 Å². The fourth-order valence-corrected chi connectivity index (χ4v) is 2.80. The molecule has 1 aliphatic heterocycles. The van der Waals surface area contributed by atoms with Gasteiger partial charge in [-0.25, -0.2) is 0 Å². The zero-order valence-corrected chi connectivity index (χ0v) is 13.2. The summed E-state index contributed by atoms with van der Waals surface area (Å²) < 4.78 is 0. The summed E-state index contributed by atoms with van der Waals surface area (Å²) in [4.78, 5) is 7.39. The van der Waals surface area contributed by atoms with Crippen molar-refractivity contribution in [2.24, 2.45) is 0 Å². The number of pyridine rings is 1. The van der Waals surface area contributed by atoms with E-state index in [9.17, 15) is 0 Å². The van der Waals surface area contributed by atoms with Crippen molar-refractivity contribution < 1.29 is 0 Å². The normalized spacial score (nSPS) is 21.1. The highest BCUT2D eigenvalue weighted by Crippen LogP contribution is 2.18. The minimum atomic E-state index is 0.506. The number of rotatable bonds is 5. The van der Waals surface area contributed by atoms with Crippen molar-refractivity contribution in [2.75, 3.05) is 6.54 Å². The Labute approximate surface area is 123 Å². The molecule has 112 valence electrons. The van der Waals surface area contributed by atoms with Gasteiger partial charge in [-0.05, 0) is 38.4 Å². The molecule has 20 heavy (non-hydrogen) atoms. The summed E-state index contributed by atoms with van der Waals surface area (Å²) in [6, 6.07) is 7.62. The van der Waals surface area contributed by atoms with Crippen LogP contribution in [0.25, 0.3) is 0 Å². The molecule has 1 aromatic rings. The van der Waals surface area contributed by atoms with Crippen molar-refractivity contribution in [1.29, 1.82) is 0 Å². The Balaban J connectivity index is 1.95. The molecule has 0 saturated carbocycles. The van der Waals surface area contributed by atoms with Gasteiger partial charge in [-0.1, -0.05) is 32.8 Å². The fourth-order valence-electron chi connectivity index (χ4n) is 2.80. The van der Waals surface area contributed by atoms with E-state index in [0.29, 0.717) is 12.1 Å². The van der Waals surface area contributed by atoms with E-state index in [-0.39, 0.29) is 0 Å². The smallest absolute Gasteiger partial charge is 0.0547 e. The number of nitrogens with one attached hydrogen (secondary N) is 1. The maximum absolute atomic E-state index is 4.80. The van der Waals surface area contributed by atoms with Crippen LogP contribution in [0, 0.1) is 0 Å². The Morgan fingerprint density at radius 3 is 2.85 bits per heavy atom. The van der Waals surface area contributed by atoms with Crippen LogP contribution in [0.1, 0.15) is 57.8 Å². The molecule has 3 nitrogen and oxygen atoms in total. The van der Waals surface area contributed by atoms with Crippen molar-refractivity contribution in [2.45, 2.75) is 71.6 Å². The van der Waals surface area contributed by atoms with E-state index < -0.39 is 0 Å². The van der Waals surface area contributed by atoms with Crippen LogP contribution in [-0.4, -0.2) is 28.5 Å². The second kappa shape index (κ2) is 7.75. The number of nitrogens with zero attached hydrogens (tertiary/aromatic N) is 2. The number of aromatic nitrogens is 1. The van der Waals surface area contributed by atoms with Gasteiger partial charge < -0.3 is 5.32 Å². The summed E-state index contributed by atoms with van der Waals surface area (Å²) in [5.41, 5.74) is 2.36. The van der Waals surface area contributed by atoms with Crippen LogP contribution in [0.4, 0.5) is 0 Å². The van der Waals surface area contributed by atoms with Gasteiger partial charge >= 0.3 is 0 Å². The van der Waals surface area contributed by atoms with Gasteiger partial charge in [-0.2, -0.15) is 0 Å². The first-order chi connectivity index (χ1) is 9.65. The molecule has 1 saturated heterocycles. The summed E-state index contributed by atoms with van der Waals surface area (Å²) in [5, 5.41) is 3.44. The highest BCUT2D eigenvalue weighted by Gasteiger charge is 2.17. The predicted molar refractivity (Wildman–Crippen MR) is 84.6 cm³/mol. The lowest BCUT2D eigenvalue weighted by Crippen LogP contribution is -2.32. The largest absolute Gasteiger partial charge is 0.309 e. The van der Waals surface area contributed by atoms with Crippen LogP contribution in [0.2, 0.25) is 0 Å².